The van der Waals surface area contributed by atoms with E-state index >= 15 is 0 Å². The highest BCUT2D eigenvalue weighted by Crippen LogP contribution is 2.43. The van der Waals surface area contributed by atoms with Crippen molar-refractivity contribution in [2.24, 2.45) is 0 Å². The van der Waals surface area contributed by atoms with E-state index in [1.165, 1.54) is 6.92 Å². The molecule has 5 heteroatoms. The van der Waals surface area contributed by atoms with Crippen LogP contribution in [0, 0.1) is 10.1 Å². The highest BCUT2D eigenvalue weighted by Gasteiger charge is 2.35. The molecule has 0 amide bonds. The summed E-state index contributed by atoms with van der Waals surface area (Å²) in [6.45, 7) is 3.02. The Morgan fingerprint density at radius 3 is 2.68 bits per heavy atom. The van der Waals surface area contributed by atoms with Crippen LogP contribution >= 0.6 is 0 Å². The van der Waals surface area contributed by atoms with Crippen molar-refractivity contribution in [2.75, 3.05) is 13.7 Å². The van der Waals surface area contributed by atoms with Crippen molar-refractivity contribution < 1.29 is 14.5 Å². The first kappa shape index (κ1) is 13.3. The fourth-order valence-electron chi connectivity index (χ4n) is 2.71. The number of allylic oxidation sites excluding steroid dienone is 1. The zero-order valence-corrected chi connectivity index (χ0v) is 11.1. The lowest BCUT2D eigenvalue weighted by atomic mass is 9.93. The number of nitrogens with zero attached hydrogens (tertiary/aromatic N) is 1. The minimum absolute atomic E-state index is 0.112. The summed E-state index contributed by atoms with van der Waals surface area (Å²) >= 11 is 0. The van der Waals surface area contributed by atoms with Gasteiger partial charge in [0.25, 0.3) is 0 Å². The first-order valence-corrected chi connectivity index (χ1v) is 5.97. The molecule has 100 valence electrons. The number of benzene rings is 1. The molecule has 19 heavy (non-hydrogen) atoms. The van der Waals surface area contributed by atoms with E-state index in [2.05, 4.69) is 0 Å². The molecule has 0 heterocycles. The number of rotatable bonds is 4. The van der Waals surface area contributed by atoms with Gasteiger partial charge in [-0.15, -0.1) is 0 Å². The summed E-state index contributed by atoms with van der Waals surface area (Å²) in [6.07, 6.45) is 0. The van der Waals surface area contributed by atoms with Gasteiger partial charge in [0, 0.05) is 10.5 Å². The molecule has 0 N–H and O–H groups in total. The van der Waals surface area contributed by atoms with Crippen LogP contribution in [0.15, 0.2) is 23.8 Å². The summed E-state index contributed by atoms with van der Waals surface area (Å²) in [5.74, 6) is 0.0572. The fraction of sp³-hybridized carbons (Fsp3) is 0.357. The molecule has 1 aromatic rings. The van der Waals surface area contributed by atoms with Crippen LogP contribution in [-0.4, -0.2) is 24.4 Å². The molecular formula is C14H15NO4. The van der Waals surface area contributed by atoms with Crippen LogP contribution < -0.4 is 4.74 Å². The van der Waals surface area contributed by atoms with Crippen LogP contribution in [0.2, 0.25) is 0 Å². The Bertz CT molecular complexity index is 589. The van der Waals surface area contributed by atoms with Crippen LogP contribution in [0.25, 0.3) is 5.57 Å². The third-order valence-corrected chi connectivity index (χ3v) is 3.50. The number of Topliss-reactive ketones (excluding diaryl/α,β-unsaturated/α-hetero) is 1. The molecule has 0 aromatic heterocycles. The molecule has 1 aliphatic carbocycles. The largest absolute Gasteiger partial charge is 0.497 e. The van der Waals surface area contributed by atoms with Gasteiger partial charge < -0.3 is 4.74 Å². The number of hydrogen-bond acceptors (Lipinski definition) is 4. The van der Waals surface area contributed by atoms with E-state index in [0.29, 0.717) is 11.3 Å². The molecule has 1 aliphatic rings. The van der Waals surface area contributed by atoms with Gasteiger partial charge >= 0.3 is 0 Å². The number of methoxy groups -OCH3 is 1. The van der Waals surface area contributed by atoms with Gasteiger partial charge in [-0.1, -0.05) is 6.07 Å². The molecule has 0 bridgehead atoms. The molecule has 0 saturated heterocycles. The first-order chi connectivity index (χ1) is 8.95. The quantitative estimate of drug-likeness (QED) is 0.616. The number of ether oxygens (including phenoxy) is 1. The summed E-state index contributed by atoms with van der Waals surface area (Å²) in [5, 5.41) is 10.8. The molecule has 0 spiro atoms. The maximum Gasteiger partial charge on any atom is 0.214 e. The van der Waals surface area contributed by atoms with Gasteiger partial charge in [-0.05, 0) is 42.7 Å². The third kappa shape index (κ3) is 2.23. The van der Waals surface area contributed by atoms with Gasteiger partial charge in [-0.25, -0.2) is 0 Å². The Morgan fingerprint density at radius 1 is 1.47 bits per heavy atom. The van der Waals surface area contributed by atoms with E-state index in [4.69, 9.17) is 4.74 Å². The van der Waals surface area contributed by atoms with Crippen molar-refractivity contribution in [3.8, 4) is 5.75 Å². The third-order valence-electron chi connectivity index (χ3n) is 3.50. The molecule has 0 radical (unpaired) electrons. The standard InChI is InChI=1S/C14H15NO4/c1-8-11-5-4-10(19-3)6-12(11)13(7-15(17)18)14(8)9(2)16/h4-6,13H,7H2,1-3H3/t13-/m1/s1. The van der Waals surface area contributed by atoms with Gasteiger partial charge in [0.15, 0.2) is 5.78 Å². The average Bonchev–Trinajstić information content (AvgIpc) is 2.61. The van der Waals surface area contributed by atoms with E-state index in [-0.39, 0.29) is 17.3 Å². The highest BCUT2D eigenvalue weighted by atomic mass is 16.6. The first-order valence-electron chi connectivity index (χ1n) is 5.97. The second-order valence-corrected chi connectivity index (χ2v) is 4.62. The molecule has 1 aromatic carbocycles. The Labute approximate surface area is 111 Å². The van der Waals surface area contributed by atoms with E-state index < -0.39 is 5.92 Å². The molecule has 2 rings (SSSR count). The average molecular weight is 261 g/mol. The number of hydrogen-bond donors (Lipinski definition) is 0. The molecular weight excluding hydrogens is 246 g/mol. The number of ketones is 1. The van der Waals surface area contributed by atoms with Gasteiger partial charge in [0.1, 0.15) is 5.75 Å². The zero-order chi connectivity index (χ0) is 14.2. The Kier molecular flexibility index (Phi) is 3.38. The monoisotopic (exact) mass is 261 g/mol. The summed E-state index contributed by atoms with van der Waals surface area (Å²) < 4.78 is 5.15. The number of fused-ring (bicyclic) bond motifs is 1. The van der Waals surface area contributed by atoms with Crippen molar-refractivity contribution in [1.29, 1.82) is 0 Å². The Hall–Kier alpha value is -2.17. The molecule has 5 nitrogen and oxygen atoms in total. The van der Waals surface area contributed by atoms with E-state index in [9.17, 15) is 14.9 Å². The number of nitro groups is 1. The fourth-order valence-corrected chi connectivity index (χ4v) is 2.71. The van der Waals surface area contributed by atoms with Crippen molar-refractivity contribution in [2.45, 2.75) is 19.8 Å². The van der Waals surface area contributed by atoms with Crippen LogP contribution in [0.3, 0.4) is 0 Å². The lowest BCUT2D eigenvalue weighted by molar-refractivity contribution is -0.481. The van der Waals surface area contributed by atoms with Gasteiger partial charge in [-0.2, -0.15) is 0 Å². The highest BCUT2D eigenvalue weighted by molar-refractivity contribution is 6.05. The molecule has 1 atom stereocenters. The predicted octanol–water partition coefficient (Wildman–Crippen LogP) is 2.43. The van der Waals surface area contributed by atoms with Gasteiger partial charge in [0.2, 0.25) is 6.54 Å². The Morgan fingerprint density at radius 2 is 2.16 bits per heavy atom. The summed E-state index contributed by atoms with van der Waals surface area (Å²) in [4.78, 5) is 22.2. The minimum Gasteiger partial charge on any atom is -0.497 e. The lowest BCUT2D eigenvalue weighted by Gasteiger charge is -2.11. The smallest absolute Gasteiger partial charge is 0.214 e. The van der Waals surface area contributed by atoms with Crippen LogP contribution in [-0.2, 0) is 4.79 Å². The number of carbonyl (C=O) groups excluding carboxylic acids is 1. The van der Waals surface area contributed by atoms with Gasteiger partial charge in [0.05, 0.1) is 13.0 Å². The van der Waals surface area contributed by atoms with E-state index in [1.807, 2.05) is 13.0 Å². The summed E-state index contributed by atoms with van der Waals surface area (Å²) in [6, 6.07) is 5.43. The molecule has 0 unspecified atom stereocenters. The summed E-state index contributed by atoms with van der Waals surface area (Å²) in [5.41, 5.74) is 3.08. The van der Waals surface area contributed by atoms with E-state index in [0.717, 1.165) is 16.7 Å². The zero-order valence-electron chi connectivity index (χ0n) is 11.1. The van der Waals surface area contributed by atoms with Crippen molar-refractivity contribution in [3.63, 3.8) is 0 Å². The lowest BCUT2D eigenvalue weighted by Crippen LogP contribution is -2.16. The predicted molar refractivity (Wildman–Crippen MR) is 70.9 cm³/mol. The SMILES string of the molecule is COc1ccc2c(c1)[C@@H](C[N+](=O)[O-])C(C(C)=O)=C2C. The molecule has 0 fully saturated rings. The van der Waals surface area contributed by atoms with Crippen LogP contribution in [0.1, 0.15) is 30.9 Å². The Balaban J connectivity index is 2.57. The molecule has 0 saturated carbocycles. The van der Waals surface area contributed by atoms with E-state index in [1.54, 1.807) is 19.2 Å². The molecule has 0 aliphatic heterocycles. The topological polar surface area (TPSA) is 69.4 Å². The van der Waals surface area contributed by atoms with Crippen molar-refractivity contribution in [3.05, 3.63) is 45.0 Å². The second-order valence-electron chi connectivity index (χ2n) is 4.62. The van der Waals surface area contributed by atoms with Crippen molar-refractivity contribution in [1.82, 2.24) is 0 Å². The summed E-state index contributed by atoms with van der Waals surface area (Å²) in [7, 11) is 1.55. The van der Waals surface area contributed by atoms with Crippen LogP contribution in [0.5, 0.6) is 5.75 Å². The van der Waals surface area contributed by atoms with Crippen molar-refractivity contribution >= 4 is 11.4 Å². The van der Waals surface area contributed by atoms with Crippen LogP contribution in [0.4, 0.5) is 0 Å². The normalized spacial score (nSPS) is 17.3. The maximum atomic E-state index is 11.8. The second kappa shape index (κ2) is 4.84. The minimum atomic E-state index is -0.474. The van der Waals surface area contributed by atoms with Gasteiger partial charge in [-0.3, -0.25) is 14.9 Å². The number of carbonyl (C=O) groups is 1. The maximum absolute atomic E-state index is 11.8.